The molecule has 1 aromatic carbocycles. The first-order valence-electron chi connectivity index (χ1n) is 11.2. The van der Waals surface area contributed by atoms with Gasteiger partial charge in [0.2, 0.25) is 5.91 Å². The van der Waals surface area contributed by atoms with Crippen molar-refractivity contribution >= 4 is 17.5 Å². The number of hydrazine groups is 1. The Kier molecular flexibility index (Phi) is 5.14. The van der Waals surface area contributed by atoms with E-state index in [1.165, 1.54) is 5.56 Å². The lowest BCUT2D eigenvalue weighted by atomic mass is 9.47. The molecule has 5 fully saturated rings. The Morgan fingerprint density at radius 1 is 1.07 bits per heavy atom. The quantitative estimate of drug-likeness (QED) is 0.509. The minimum absolute atomic E-state index is 0.101. The van der Waals surface area contributed by atoms with Crippen molar-refractivity contribution in [1.29, 1.82) is 0 Å². The van der Waals surface area contributed by atoms with Gasteiger partial charge in [-0.15, -0.1) is 11.6 Å². The van der Waals surface area contributed by atoms with Crippen LogP contribution >= 0.6 is 11.6 Å². The van der Waals surface area contributed by atoms with Gasteiger partial charge in [0.25, 0.3) is 0 Å². The van der Waals surface area contributed by atoms with Crippen molar-refractivity contribution < 1.29 is 4.79 Å². The van der Waals surface area contributed by atoms with Gasteiger partial charge in [-0.3, -0.25) is 4.79 Å². The van der Waals surface area contributed by atoms with Crippen LogP contribution in [0.15, 0.2) is 30.3 Å². The molecule has 4 bridgehead atoms. The zero-order valence-electron chi connectivity index (χ0n) is 17.1. The van der Waals surface area contributed by atoms with Gasteiger partial charge in [-0.2, -0.15) is 0 Å². The topological polar surface area (TPSA) is 70.4 Å². The van der Waals surface area contributed by atoms with Crippen LogP contribution in [-0.4, -0.2) is 41.1 Å². The van der Waals surface area contributed by atoms with E-state index < -0.39 is 0 Å². The molecule has 1 amide bonds. The Hall–Kier alpha value is -1.14. The highest BCUT2D eigenvalue weighted by atomic mass is 35.5. The summed E-state index contributed by atoms with van der Waals surface area (Å²) < 4.78 is 0. The fourth-order valence-electron chi connectivity index (χ4n) is 7.07. The van der Waals surface area contributed by atoms with E-state index in [-0.39, 0.29) is 10.8 Å². The maximum Gasteiger partial charge on any atom is 0.226 e. The lowest BCUT2D eigenvalue weighted by molar-refractivity contribution is -0.167. The summed E-state index contributed by atoms with van der Waals surface area (Å²) in [6.45, 7) is 0. The molecule has 3 aliphatic carbocycles. The van der Waals surface area contributed by atoms with E-state index in [2.05, 4.69) is 46.1 Å². The second kappa shape index (κ2) is 7.52. The number of piperidine rings is 2. The number of hydrogen-bond donors (Lipinski definition) is 3. The molecule has 29 heavy (non-hydrogen) atoms. The first kappa shape index (κ1) is 19.8. The van der Waals surface area contributed by atoms with E-state index in [1.54, 1.807) is 0 Å². The molecule has 5 aliphatic rings. The number of carbonyl (C=O) groups is 1. The van der Waals surface area contributed by atoms with Crippen molar-refractivity contribution in [3.8, 4) is 0 Å². The second-order valence-electron chi connectivity index (χ2n) is 10.0. The maximum atomic E-state index is 13.7. The Bertz CT molecular complexity index is 733. The highest BCUT2D eigenvalue weighted by molar-refractivity contribution is 6.17. The van der Waals surface area contributed by atoms with Crippen molar-refractivity contribution in [2.24, 2.45) is 11.1 Å². The van der Waals surface area contributed by atoms with Crippen LogP contribution in [0.2, 0.25) is 0 Å². The Morgan fingerprint density at radius 2 is 1.72 bits per heavy atom. The summed E-state index contributed by atoms with van der Waals surface area (Å²) in [4.78, 5) is 13.7. The molecule has 2 atom stereocenters. The third-order valence-corrected chi connectivity index (χ3v) is 8.31. The van der Waals surface area contributed by atoms with Crippen LogP contribution in [0.25, 0.3) is 0 Å². The fourth-order valence-corrected chi connectivity index (χ4v) is 7.21. The molecule has 5 nitrogen and oxygen atoms in total. The number of benzene rings is 1. The molecular formula is C23H33ClN4O. The van der Waals surface area contributed by atoms with E-state index in [4.69, 9.17) is 17.3 Å². The number of alkyl halides is 1. The molecule has 1 aromatic rings. The average molecular weight is 417 g/mol. The maximum absolute atomic E-state index is 13.7. The van der Waals surface area contributed by atoms with Gasteiger partial charge in [0.15, 0.2) is 0 Å². The molecule has 3 saturated carbocycles. The van der Waals surface area contributed by atoms with Gasteiger partial charge >= 0.3 is 0 Å². The standard InChI is InChI=1S/C23H33ClN4O/c24-15-26-28-19-10-22(16-4-2-1-3-5-16)11-20(28)13-23(12-19,14-22)21(29)27-18-8-6-17(25)7-9-18/h1-5,17-20,26H,6-15,25H2,(H,27,29). The van der Waals surface area contributed by atoms with Crippen LogP contribution in [0.3, 0.4) is 0 Å². The van der Waals surface area contributed by atoms with Crippen LogP contribution in [0, 0.1) is 5.41 Å². The van der Waals surface area contributed by atoms with Gasteiger partial charge in [0.05, 0.1) is 11.4 Å². The van der Waals surface area contributed by atoms with E-state index in [0.717, 1.165) is 57.8 Å². The number of rotatable bonds is 5. The lowest BCUT2D eigenvalue weighted by Gasteiger charge is -2.65. The van der Waals surface area contributed by atoms with Crippen LogP contribution < -0.4 is 16.5 Å². The zero-order chi connectivity index (χ0) is 20.1. The molecule has 158 valence electrons. The van der Waals surface area contributed by atoms with Crippen molar-refractivity contribution in [3.05, 3.63) is 35.9 Å². The van der Waals surface area contributed by atoms with Crippen molar-refractivity contribution in [1.82, 2.24) is 15.8 Å². The SMILES string of the molecule is NC1CCC(NC(=O)C23CC4CC(c5ccccc5)(CC(C2)N4NCCl)C3)CC1. The highest BCUT2D eigenvalue weighted by Crippen LogP contribution is 2.62. The predicted molar refractivity (Wildman–Crippen MR) is 115 cm³/mol. The molecule has 0 aromatic heterocycles. The predicted octanol–water partition coefficient (Wildman–Crippen LogP) is 3.03. The van der Waals surface area contributed by atoms with Crippen LogP contribution in [0.5, 0.6) is 0 Å². The molecule has 2 saturated heterocycles. The minimum Gasteiger partial charge on any atom is -0.353 e. The molecule has 0 spiro atoms. The number of nitrogens with one attached hydrogen (secondary N) is 2. The number of amides is 1. The smallest absolute Gasteiger partial charge is 0.226 e. The third-order valence-electron chi connectivity index (χ3n) is 8.19. The monoisotopic (exact) mass is 416 g/mol. The fraction of sp³-hybridized carbons (Fsp3) is 0.696. The van der Waals surface area contributed by atoms with Crippen LogP contribution in [-0.2, 0) is 10.2 Å². The summed E-state index contributed by atoms with van der Waals surface area (Å²) in [6, 6.07) is 12.6. The van der Waals surface area contributed by atoms with Gasteiger partial charge < -0.3 is 11.1 Å². The third kappa shape index (κ3) is 3.40. The number of hydrogen-bond acceptors (Lipinski definition) is 4. The van der Waals surface area contributed by atoms with Gasteiger partial charge in [-0.1, -0.05) is 30.3 Å². The normalized spacial score (nSPS) is 41.4. The Balaban J connectivity index is 1.42. The summed E-state index contributed by atoms with van der Waals surface area (Å²) in [5.74, 6) is 0.290. The number of carbonyl (C=O) groups excluding carboxylic acids is 1. The summed E-state index contributed by atoms with van der Waals surface area (Å²) in [5.41, 5.74) is 10.7. The van der Waals surface area contributed by atoms with Crippen LogP contribution in [0.4, 0.5) is 0 Å². The van der Waals surface area contributed by atoms with Crippen molar-refractivity contribution in [2.45, 2.75) is 87.4 Å². The number of halogens is 1. The highest BCUT2D eigenvalue weighted by Gasteiger charge is 2.63. The summed E-state index contributed by atoms with van der Waals surface area (Å²) in [7, 11) is 0. The van der Waals surface area contributed by atoms with E-state index in [1.807, 2.05) is 0 Å². The van der Waals surface area contributed by atoms with Gasteiger partial charge in [0, 0.05) is 24.2 Å². The van der Waals surface area contributed by atoms with E-state index in [9.17, 15) is 4.79 Å². The van der Waals surface area contributed by atoms with Gasteiger partial charge in [-0.05, 0) is 68.8 Å². The van der Waals surface area contributed by atoms with Crippen molar-refractivity contribution in [3.63, 3.8) is 0 Å². The largest absolute Gasteiger partial charge is 0.353 e. The Labute approximate surface area is 178 Å². The summed E-state index contributed by atoms with van der Waals surface area (Å²) in [6.07, 6.45) is 9.10. The summed E-state index contributed by atoms with van der Waals surface area (Å²) in [5, 5.41) is 5.83. The zero-order valence-corrected chi connectivity index (χ0v) is 17.8. The average Bonchev–Trinajstić information content (AvgIpc) is 2.72. The summed E-state index contributed by atoms with van der Waals surface area (Å²) >= 11 is 6.04. The molecule has 4 N–H and O–H groups in total. The molecular weight excluding hydrogens is 384 g/mol. The molecule has 2 aliphatic heterocycles. The second-order valence-corrected chi connectivity index (χ2v) is 10.3. The molecule has 2 unspecified atom stereocenters. The number of nitrogens with zero attached hydrogens (tertiary/aromatic N) is 1. The minimum atomic E-state index is -0.258. The molecule has 6 heteroatoms. The van der Waals surface area contributed by atoms with Crippen molar-refractivity contribution in [2.75, 3.05) is 6.00 Å². The molecule has 6 rings (SSSR count). The van der Waals surface area contributed by atoms with E-state index in [0.29, 0.717) is 36.1 Å². The van der Waals surface area contributed by atoms with Gasteiger partial charge in [-0.25, -0.2) is 10.4 Å². The van der Waals surface area contributed by atoms with Crippen LogP contribution in [0.1, 0.15) is 63.4 Å². The first-order chi connectivity index (χ1) is 14.0. The number of nitrogens with two attached hydrogens (primary N) is 1. The molecule has 2 heterocycles. The van der Waals surface area contributed by atoms with E-state index >= 15 is 0 Å². The first-order valence-corrected chi connectivity index (χ1v) is 11.8. The molecule has 0 radical (unpaired) electrons. The lowest BCUT2D eigenvalue weighted by Crippen LogP contribution is -2.71. The Morgan fingerprint density at radius 3 is 2.34 bits per heavy atom. The van der Waals surface area contributed by atoms with Gasteiger partial charge in [0.1, 0.15) is 0 Å².